The van der Waals surface area contributed by atoms with E-state index in [1.807, 2.05) is 11.3 Å². The average molecular weight is 260 g/mol. The number of nitrogens with one attached hydrogen (secondary N) is 1. The molecule has 1 N–H and O–H groups in total. The predicted molar refractivity (Wildman–Crippen MR) is 73.9 cm³/mol. The van der Waals surface area contributed by atoms with Crippen LogP contribution < -0.4 is 5.32 Å². The Balaban J connectivity index is 1.72. The molecule has 0 amide bonds. The molecule has 1 aliphatic carbocycles. The van der Waals surface area contributed by atoms with E-state index in [0.717, 1.165) is 26.1 Å². The number of ether oxygens (including phenoxy) is 1. The van der Waals surface area contributed by atoms with Gasteiger partial charge in [0.05, 0.1) is 12.3 Å². The molecule has 0 unspecified atom stereocenters. The van der Waals surface area contributed by atoms with Gasteiger partial charge in [0.15, 0.2) is 0 Å². The molecule has 18 heavy (non-hydrogen) atoms. The van der Waals surface area contributed by atoms with Crippen molar-refractivity contribution in [2.75, 3.05) is 20.3 Å². The van der Waals surface area contributed by atoms with Crippen LogP contribution in [0, 0.1) is 0 Å². The highest BCUT2D eigenvalue weighted by Gasteiger charge is 2.22. The zero-order valence-corrected chi connectivity index (χ0v) is 11.2. The first-order valence-electron chi connectivity index (χ1n) is 6.15. The highest BCUT2D eigenvalue weighted by atomic mass is 32.1. The Morgan fingerprint density at radius 2 is 2.28 bits per heavy atom. The lowest BCUT2D eigenvalue weighted by atomic mass is 10.1. The fourth-order valence-electron chi connectivity index (χ4n) is 2.25. The summed E-state index contributed by atoms with van der Waals surface area (Å²) in [5.41, 5.74) is 3.91. The molecule has 0 bridgehead atoms. The molecule has 0 fully saturated rings. The zero-order chi connectivity index (χ0) is 12.4. The zero-order valence-electron chi connectivity index (χ0n) is 10.4. The Bertz CT molecular complexity index is 550. The topological polar surface area (TPSA) is 34.1 Å². The van der Waals surface area contributed by atoms with E-state index in [0.29, 0.717) is 0 Å². The Kier molecular flexibility index (Phi) is 3.41. The van der Waals surface area contributed by atoms with Gasteiger partial charge >= 0.3 is 0 Å². The van der Waals surface area contributed by atoms with Gasteiger partial charge in [-0.3, -0.25) is 0 Å². The van der Waals surface area contributed by atoms with Gasteiger partial charge in [0.2, 0.25) is 0 Å². The van der Waals surface area contributed by atoms with Crippen LogP contribution >= 0.6 is 11.3 Å². The second-order valence-electron chi connectivity index (χ2n) is 4.38. The van der Waals surface area contributed by atoms with Crippen LogP contribution in [-0.2, 0) is 17.7 Å². The van der Waals surface area contributed by atoms with Gasteiger partial charge < -0.3 is 10.1 Å². The summed E-state index contributed by atoms with van der Waals surface area (Å²) >= 11 is 1.82. The number of thiazole rings is 1. The maximum absolute atomic E-state index is 5.01. The Hall–Kier alpha value is -1.23. The molecule has 0 saturated heterocycles. The molecule has 3 nitrogen and oxygen atoms in total. The fraction of sp³-hybridized carbons (Fsp3) is 0.357. The third-order valence-electron chi connectivity index (χ3n) is 3.12. The van der Waals surface area contributed by atoms with Crippen LogP contribution in [0.2, 0.25) is 0 Å². The molecule has 1 aromatic carbocycles. The fourth-order valence-corrected chi connectivity index (χ4v) is 3.33. The normalized spacial score (nSPS) is 12.5. The largest absolute Gasteiger partial charge is 0.383 e. The highest BCUT2D eigenvalue weighted by molar-refractivity contribution is 7.12. The van der Waals surface area contributed by atoms with E-state index in [2.05, 4.69) is 29.6 Å². The van der Waals surface area contributed by atoms with Crippen LogP contribution in [0.1, 0.15) is 15.4 Å². The Labute approximate surface area is 111 Å². The highest BCUT2D eigenvalue weighted by Crippen LogP contribution is 2.38. The minimum Gasteiger partial charge on any atom is -0.383 e. The third-order valence-corrected chi connectivity index (χ3v) is 4.18. The summed E-state index contributed by atoms with van der Waals surface area (Å²) in [6.45, 7) is 2.45. The van der Waals surface area contributed by atoms with Gasteiger partial charge in [-0.1, -0.05) is 24.3 Å². The molecule has 0 radical (unpaired) electrons. The third kappa shape index (κ3) is 2.19. The number of fused-ring (bicyclic) bond motifs is 3. The van der Waals surface area contributed by atoms with Crippen LogP contribution in [0.4, 0.5) is 0 Å². The number of benzene rings is 1. The summed E-state index contributed by atoms with van der Waals surface area (Å²) in [7, 11) is 1.72. The number of aromatic nitrogens is 1. The van der Waals surface area contributed by atoms with Crippen molar-refractivity contribution in [3.05, 3.63) is 39.7 Å². The lowest BCUT2D eigenvalue weighted by Gasteiger charge is -2.01. The van der Waals surface area contributed by atoms with Gasteiger partial charge in [-0.05, 0) is 5.56 Å². The minimum absolute atomic E-state index is 0.744. The van der Waals surface area contributed by atoms with Crippen LogP contribution in [0.3, 0.4) is 0 Å². The standard InChI is InChI=1S/C14H16N2OS/c1-17-7-6-15-9-13-16-14-11-5-3-2-4-10(11)8-12(14)18-13/h2-5,15H,6-9H2,1H3. The molecule has 1 aliphatic rings. The molecule has 2 aromatic rings. The van der Waals surface area contributed by atoms with Crippen molar-refractivity contribution >= 4 is 11.3 Å². The van der Waals surface area contributed by atoms with Gasteiger partial charge in [-0.25, -0.2) is 4.98 Å². The summed E-state index contributed by atoms with van der Waals surface area (Å²) in [5.74, 6) is 0. The molecular formula is C14H16N2OS. The van der Waals surface area contributed by atoms with Crippen molar-refractivity contribution in [3.8, 4) is 11.3 Å². The molecule has 0 saturated carbocycles. The Morgan fingerprint density at radius 3 is 3.17 bits per heavy atom. The number of methoxy groups -OCH3 is 1. The first-order valence-corrected chi connectivity index (χ1v) is 6.96. The molecule has 94 valence electrons. The maximum atomic E-state index is 5.01. The molecule has 0 aliphatic heterocycles. The van der Waals surface area contributed by atoms with Gasteiger partial charge in [-0.15, -0.1) is 11.3 Å². The van der Waals surface area contributed by atoms with Gasteiger partial charge in [-0.2, -0.15) is 0 Å². The van der Waals surface area contributed by atoms with Gasteiger partial charge in [0.1, 0.15) is 5.01 Å². The molecule has 4 heteroatoms. The first kappa shape index (κ1) is 11.8. The number of nitrogens with zero attached hydrogens (tertiary/aromatic N) is 1. The summed E-state index contributed by atoms with van der Waals surface area (Å²) in [6, 6.07) is 8.55. The van der Waals surface area contributed by atoms with Crippen molar-refractivity contribution in [2.24, 2.45) is 0 Å². The summed E-state index contributed by atoms with van der Waals surface area (Å²) < 4.78 is 5.01. The van der Waals surface area contributed by atoms with E-state index in [4.69, 9.17) is 9.72 Å². The molecule has 1 heterocycles. The second-order valence-corrected chi connectivity index (χ2v) is 5.55. The SMILES string of the molecule is COCCNCc1nc2c(s1)Cc1ccccc1-2. The molecule has 0 spiro atoms. The van der Waals surface area contributed by atoms with Crippen molar-refractivity contribution in [3.63, 3.8) is 0 Å². The monoisotopic (exact) mass is 260 g/mol. The maximum Gasteiger partial charge on any atom is 0.107 e. The number of hydrogen-bond donors (Lipinski definition) is 1. The summed E-state index contributed by atoms with van der Waals surface area (Å²) in [4.78, 5) is 6.15. The van der Waals surface area contributed by atoms with E-state index >= 15 is 0 Å². The molecular weight excluding hydrogens is 244 g/mol. The number of hydrogen-bond acceptors (Lipinski definition) is 4. The van der Waals surface area contributed by atoms with Crippen LogP contribution in [0.25, 0.3) is 11.3 Å². The van der Waals surface area contributed by atoms with Crippen molar-refractivity contribution in [1.82, 2.24) is 10.3 Å². The van der Waals surface area contributed by atoms with Crippen molar-refractivity contribution in [1.29, 1.82) is 0 Å². The van der Waals surface area contributed by atoms with Crippen LogP contribution in [0.15, 0.2) is 24.3 Å². The molecule has 0 atom stereocenters. The van der Waals surface area contributed by atoms with E-state index in [1.165, 1.54) is 26.7 Å². The van der Waals surface area contributed by atoms with Gasteiger partial charge in [0, 0.05) is 37.1 Å². The first-order chi connectivity index (χ1) is 8.88. The quantitative estimate of drug-likeness (QED) is 0.716. The van der Waals surface area contributed by atoms with Gasteiger partial charge in [0.25, 0.3) is 0 Å². The van der Waals surface area contributed by atoms with E-state index in [1.54, 1.807) is 7.11 Å². The number of rotatable bonds is 5. The lowest BCUT2D eigenvalue weighted by molar-refractivity contribution is 0.199. The summed E-state index contributed by atoms with van der Waals surface area (Å²) in [6.07, 6.45) is 1.04. The minimum atomic E-state index is 0.744. The van der Waals surface area contributed by atoms with Crippen molar-refractivity contribution in [2.45, 2.75) is 13.0 Å². The molecule has 1 aromatic heterocycles. The lowest BCUT2D eigenvalue weighted by Crippen LogP contribution is -2.18. The van der Waals surface area contributed by atoms with E-state index < -0.39 is 0 Å². The van der Waals surface area contributed by atoms with Crippen LogP contribution in [-0.4, -0.2) is 25.2 Å². The van der Waals surface area contributed by atoms with E-state index in [-0.39, 0.29) is 0 Å². The Morgan fingerprint density at radius 1 is 1.39 bits per heavy atom. The smallest absolute Gasteiger partial charge is 0.107 e. The second kappa shape index (κ2) is 5.18. The molecule has 3 rings (SSSR count). The average Bonchev–Trinajstić information content (AvgIpc) is 2.91. The summed E-state index contributed by atoms with van der Waals surface area (Å²) in [5, 5.41) is 4.51. The van der Waals surface area contributed by atoms with Crippen LogP contribution in [0.5, 0.6) is 0 Å². The predicted octanol–water partition coefficient (Wildman–Crippen LogP) is 2.45. The van der Waals surface area contributed by atoms with Crippen molar-refractivity contribution < 1.29 is 4.74 Å². The van der Waals surface area contributed by atoms with E-state index in [9.17, 15) is 0 Å².